The molecule has 2 aromatic rings. The molecule has 0 bridgehead atoms. The number of aliphatic hydroxyl groups excluding tert-OH is 1. The molecule has 2 nitrogen and oxygen atoms in total. The first-order valence-corrected chi connectivity index (χ1v) is 6.46. The third-order valence-electron chi connectivity index (χ3n) is 3.98. The largest absolute Gasteiger partial charge is 0.496 e. The van der Waals surface area contributed by atoms with Crippen molar-refractivity contribution in [3.05, 3.63) is 42.0 Å². The lowest BCUT2D eigenvalue weighted by atomic mass is 9.98. The van der Waals surface area contributed by atoms with E-state index in [2.05, 4.69) is 30.3 Å². The molecule has 94 valence electrons. The van der Waals surface area contributed by atoms with Gasteiger partial charge in [0.1, 0.15) is 5.75 Å². The first-order chi connectivity index (χ1) is 8.72. The molecule has 0 aliphatic heterocycles. The minimum absolute atomic E-state index is 0.237. The molecule has 3 rings (SSSR count). The number of fused-ring (bicyclic) bond motifs is 1. The van der Waals surface area contributed by atoms with Gasteiger partial charge in [-0.3, -0.25) is 0 Å². The predicted molar refractivity (Wildman–Crippen MR) is 73.0 cm³/mol. The number of benzene rings is 2. The number of hydrogen-bond donors (Lipinski definition) is 1. The highest BCUT2D eigenvalue weighted by atomic mass is 16.5. The Bertz CT molecular complexity index is 574. The number of aliphatic hydroxyl groups is 1. The molecule has 1 N–H and O–H groups in total. The average Bonchev–Trinajstić information content (AvgIpc) is 3.17. The van der Waals surface area contributed by atoms with Crippen LogP contribution in [0.1, 0.15) is 24.8 Å². The number of rotatable bonds is 3. The van der Waals surface area contributed by atoms with E-state index in [1.807, 2.05) is 13.0 Å². The highest BCUT2D eigenvalue weighted by Crippen LogP contribution is 2.54. The SMILES string of the molecule is COc1ccc2ccccc2c1[C@@H]1C[C@H]1[C@H](C)O. The van der Waals surface area contributed by atoms with Crippen molar-refractivity contribution in [2.24, 2.45) is 5.92 Å². The van der Waals surface area contributed by atoms with Crippen molar-refractivity contribution >= 4 is 10.8 Å². The maximum atomic E-state index is 9.72. The van der Waals surface area contributed by atoms with Crippen molar-refractivity contribution in [2.45, 2.75) is 25.4 Å². The zero-order chi connectivity index (χ0) is 12.7. The van der Waals surface area contributed by atoms with E-state index < -0.39 is 0 Å². The number of hydrogen-bond acceptors (Lipinski definition) is 2. The number of ether oxygens (including phenoxy) is 1. The van der Waals surface area contributed by atoms with E-state index in [1.165, 1.54) is 16.3 Å². The van der Waals surface area contributed by atoms with Crippen LogP contribution in [-0.4, -0.2) is 18.3 Å². The molecular formula is C16H18O2. The highest BCUT2D eigenvalue weighted by molar-refractivity contribution is 5.88. The van der Waals surface area contributed by atoms with Crippen LogP contribution < -0.4 is 4.74 Å². The van der Waals surface area contributed by atoms with Gasteiger partial charge < -0.3 is 9.84 Å². The molecule has 2 aromatic carbocycles. The molecule has 1 saturated carbocycles. The summed E-state index contributed by atoms with van der Waals surface area (Å²) < 4.78 is 5.50. The average molecular weight is 242 g/mol. The van der Waals surface area contributed by atoms with Crippen LogP contribution in [0.25, 0.3) is 10.8 Å². The maximum Gasteiger partial charge on any atom is 0.122 e. The highest BCUT2D eigenvalue weighted by Gasteiger charge is 2.43. The summed E-state index contributed by atoms with van der Waals surface area (Å²) in [6.45, 7) is 1.88. The Hall–Kier alpha value is -1.54. The molecule has 18 heavy (non-hydrogen) atoms. The van der Waals surface area contributed by atoms with E-state index in [-0.39, 0.29) is 6.10 Å². The molecule has 2 heteroatoms. The van der Waals surface area contributed by atoms with Gasteiger partial charge in [0.15, 0.2) is 0 Å². The van der Waals surface area contributed by atoms with Crippen molar-refractivity contribution in [3.63, 3.8) is 0 Å². The lowest BCUT2D eigenvalue weighted by Crippen LogP contribution is -2.04. The molecule has 1 aliphatic carbocycles. The second-order valence-corrected chi connectivity index (χ2v) is 5.15. The Morgan fingerprint density at radius 2 is 2.00 bits per heavy atom. The summed E-state index contributed by atoms with van der Waals surface area (Å²) in [5.41, 5.74) is 1.27. The summed E-state index contributed by atoms with van der Waals surface area (Å²) in [6, 6.07) is 12.5. The van der Waals surface area contributed by atoms with Crippen molar-refractivity contribution in [1.29, 1.82) is 0 Å². The van der Waals surface area contributed by atoms with Crippen LogP contribution in [0.5, 0.6) is 5.75 Å². The minimum Gasteiger partial charge on any atom is -0.496 e. The quantitative estimate of drug-likeness (QED) is 0.894. The molecule has 0 amide bonds. The summed E-state index contributed by atoms with van der Waals surface area (Å²) in [5, 5.41) is 12.2. The Morgan fingerprint density at radius 1 is 1.22 bits per heavy atom. The summed E-state index contributed by atoms with van der Waals surface area (Å²) in [7, 11) is 1.72. The normalized spacial score (nSPS) is 23.9. The summed E-state index contributed by atoms with van der Waals surface area (Å²) in [4.78, 5) is 0. The Morgan fingerprint density at radius 3 is 2.67 bits per heavy atom. The van der Waals surface area contributed by atoms with Gasteiger partial charge >= 0.3 is 0 Å². The van der Waals surface area contributed by atoms with E-state index in [9.17, 15) is 5.11 Å². The van der Waals surface area contributed by atoms with Crippen LogP contribution in [0.3, 0.4) is 0 Å². The second-order valence-electron chi connectivity index (χ2n) is 5.15. The number of methoxy groups -OCH3 is 1. The fourth-order valence-corrected chi connectivity index (χ4v) is 2.92. The molecule has 0 spiro atoms. The lowest BCUT2D eigenvalue weighted by Gasteiger charge is -2.12. The van der Waals surface area contributed by atoms with Crippen LogP contribution in [-0.2, 0) is 0 Å². The monoisotopic (exact) mass is 242 g/mol. The third kappa shape index (κ3) is 1.77. The fourth-order valence-electron chi connectivity index (χ4n) is 2.92. The Kier molecular flexibility index (Phi) is 2.75. The standard InChI is InChI=1S/C16H18O2/c1-10(17)13-9-14(13)16-12-6-4-3-5-11(12)7-8-15(16)18-2/h3-8,10,13-14,17H,9H2,1-2H3/t10-,13-,14+/m0/s1. The first kappa shape index (κ1) is 11.5. The van der Waals surface area contributed by atoms with E-state index in [4.69, 9.17) is 4.74 Å². The van der Waals surface area contributed by atoms with Gasteiger partial charge in [0.25, 0.3) is 0 Å². The van der Waals surface area contributed by atoms with Crippen molar-refractivity contribution in [2.75, 3.05) is 7.11 Å². The topological polar surface area (TPSA) is 29.5 Å². The van der Waals surface area contributed by atoms with Gasteiger partial charge in [-0.15, -0.1) is 0 Å². The van der Waals surface area contributed by atoms with Crippen LogP contribution in [0, 0.1) is 5.92 Å². The van der Waals surface area contributed by atoms with E-state index in [0.29, 0.717) is 11.8 Å². The van der Waals surface area contributed by atoms with Crippen LogP contribution in [0.2, 0.25) is 0 Å². The van der Waals surface area contributed by atoms with Crippen LogP contribution in [0.15, 0.2) is 36.4 Å². The molecule has 0 aromatic heterocycles. The summed E-state index contributed by atoms with van der Waals surface area (Å²) >= 11 is 0. The Balaban J connectivity index is 2.14. The minimum atomic E-state index is -0.237. The zero-order valence-corrected chi connectivity index (χ0v) is 10.8. The molecule has 0 unspecified atom stereocenters. The van der Waals surface area contributed by atoms with Gasteiger partial charge in [-0.25, -0.2) is 0 Å². The van der Waals surface area contributed by atoms with Gasteiger partial charge in [-0.1, -0.05) is 30.3 Å². The molecule has 1 fully saturated rings. The van der Waals surface area contributed by atoms with Gasteiger partial charge in [-0.05, 0) is 42.0 Å². The molecule has 0 heterocycles. The van der Waals surface area contributed by atoms with Crippen molar-refractivity contribution in [3.8, 4) is 5.75 Å². The van der Waals surface area contributed by atoms with Gasteiger partial charge in [0, 0.05) is 5.56 Å². The van der Waals surface area contributed by atoms with Gasteiger partial charge in [0.05, 0.1) is 13.2 Å². The van der Waals surface area contributed by atoms with E-state index in [1.54, 1.807) is 7.11 Å². The van der Waals surface area contributed by atoms with Gasteiger partial charge in [0.2, 0.25) is 0 Å². The third-order valence-corrected chi connectivity index (χ3v) is 3.98. The molecule has 3 atom stereocenters. The Labute approximate surface area is 107 Å². The summed E-state index contributed by atoms with van der Waals surface area (Å²) in [6.07, 6.45) is 0.820. The first-order valence-electron chi connectivity index (χ1n) is 6.46. The van der Waals surface area contributed by atoms with Crippen LogP contribution >= 0.6 is 0 Å². The van der Waals surface area contributed by atoms with E-state index in [0.717, 1.165) is 12.2 Å². The smallest absolute Gasteiger partial charge is 0.122 e. The predicted octanol–water partition coefficient (Wildman–Crippen LogP) is 3.33. The lowest BCUT2D eigenvalue weighted by molar-refractivity contribution is 0.168. The van der Waals surface area contributed by atoms with Crippen LogP contribution in [0.4, 0.5) is 0 Å². The summed E-state index contributed by atoms with van der Waals surface area (Å²) in [5.74, 6) is 1.76. The molecule has 0 saturated heterocycles. The zero-order valence-electron chi connectivity index (χ0n) is 10.8. The maximum absolute atomic E-state index is 9.72. The molecular weight excluding hydrogens is 224 g/mol. The van der Waals surface area contributed by atoms with Crippen molar-refractivity contribution in [1.82, 2.24) is 0 Å². The molecule has 1 aliphatic rings. The van der Waals surface area contributed by atoms with Gasteiger partial charge in [-0.2, -0.15) is 0 Å². The molecule has 0 radical (unpaired) electrons. The van der Waals surface area contributed by atoms with E-state index >= 15 is 0 Å². The van der Waals surface area contributed by atoms with Crippen molar-refractivity contribution < 1.29 is 9.84 Å². The second kappa shape index (κ2) is 4.29. The fraction of sp³-hybridized carbons (Fsp3) is 0.375.